The molecule has 1 aromatic heterocycles. The normalized spacial score (nSPS) is 19.0. The van der Waals surface area contributed by atoms with E-state index in [1.807, 2.05) is 0 Å². The molecule has 1 saturated heterocycles. The van der Waals surface area contributed by atoms with Gasteiger partial charge in [0.15, 0.2) is 0 Å². The minimum Gasteiger partial charge on any atom is -0.319 e. The predicted molar refractivity (Wildman–Crippen MR) is 101 cm³/mol. The Kier molecular flexibility index (Phi) is 4.58. The average molecular weight is 417 g/mol. The molecule has 148 valence electrons. The number of hydrogen-bond donors (Lipinski definition) is 1. The maximum Gasteiger partial charge on any atom is 0.325 e. The predicted octanol–water partition coefficient (Wildman–Crippen LogP) is 3.77. The van der Waals surface area contributed by atoms with E-state index in [9.17, 15) is 18.4 Å². The number of carbonyl (C=O) groups is 2. The Morgan fingerprint density at radius 3 is 2.59 bits per heavy atom. The number of nitrogens with zero attached hydrogens (tertiary/aromatic N) is 3. The molecule has 29 heavy (non-hydrogen) atoms. The van der Waals surface area contributed by atoms with E-state index in [-0.39, 0.29) is 11.6 Å². The topological polar surface area (TPSA) is 67.2 Å². The van der Waals surface area contributed by atoms with Crippen LogP contribution in [0.2, 0.25) is 5.02 Å². The molecule has 0 spiro atoms. The minimum atomic E-state index is -1.42. The standard InChI is InChI=1S/C20H15ClF2N4O2/c1-20(16-6-5-13(23)10-17(16)21)18(28)26(19(29)24-20)11-14-7-8-27(25-14)15-4-2-3-12(22)9-15/h2-10H,11H2,1H3,(H,24,29). The summed E-state index contributed by atoms with van der Waals surface area (Å²) in [4.78, 5) is 26.5. The van der Waals surface area contributed by atoms with Gasteiger partial charge in [-0.05, 0) is 43.3 Å². The van der Waals surface area contributed by atoms with Gasteiger partial charge in [-0.2, -0.15) is 5.10 Å². The lowest BCUT2D eigenvalue weighted by Crippen LogP contribution is -2.41. The molecule has 1 atom stereocenters. The number of imide groups is 1. The largest absolute Gasteiger partial charge is 0.325 e. The first-order chi connectivity index (χ1) is 13.8. The number of amides is 3. The lowest BCUT2D eigenvalue weighted by molar-refractivity contribution is -0.131. The number of urea groups is 1. The first-order valence-corrected chi connectivity index (χ1v) is 9.06. The Morgan fingerprint density at radius 2 is 1.86 bits per heavy atom. The average Bonchev–Trinajstić information content (AvgIpc) is 3.21. The third-order valence-corrected chi connectivity index (χ3v) is 5.09. The summed E-state index contributed by atoms with van der Waals surface area (Å²) in [7, 11) is 0. The number of aromatic nitrogens is 2. The van der Waals surface area contributed by atoms with E-state index in [4.69, 9.17) is 11.6 Å². The van der Waals surface area contributed by atoms with Gasteiger partial charge < -0.3 is 5.32 Å². The number of rotatable bonds is 4. The summed E-state index contributed by atoms with van der Waals surface area (Å²) in [6.07, 6.45) is 1.61. The van der Waals surface area contributed by atoms with Gasteiger partial charge in [0.05, 0.1) is 17.9 Å². The van der Waals surface area contributed by atoms with E-state index < -0.39 is 29.1 Å². The molecule has 6 nitrogen and oxygen atoms in total. The Bertz CT molecular complexity index is 1130. The Labute approximate surface area is 169 Å². The smallest absolute Gasteiger partial charge is 0.319 e. The highest BCUT2D eigenvalue weighted by molar-refractivity contribution is 6.32. The van der Waals surface area contributed by atoms with Gasteiger partial charge in [-0.1, -0.05) is 23.7 Å². The lowest BCUT2D eigenvalue weighted by atomic mass is 9.92. The fourth-order valence-electron chi connectivity index (χ4n) is 3.29. The van der Waals surface area contributed by atoms with Crippen molar-refractivity contribution in [3.63, 3.8) is 0 Å². The van der Waals surface area contributed by atoms with Gasteiger partial charge in [0.25, 0.3) is 5.91 Å². The molecule has 4 rings (SSSR count). The zero-order valence-electron chi connectivity index (χ0n) is 15.2. The molecule has 3 amide bonds. The summed E-state index contributed by atoms with van der Waals surface area (Å²) in [6, 6.07) is 10.5. The number of halogens is 3. The van der Waals surface area contributed by atoms with Crippen molar-refractivity contribution in [1.29, 1.82) is 0 Å². The first kappa shape index (κ1) is 19.1. The van der Waals surface area contributed by atoms with Gasteiger partial charge in [0, 0.05) is 16.8 Å². The number of benzene rings is 2. The van der Waals surface area contributed by atoms with Crippen LogP contribution in [0.1, 0.15) is 18.2 Å². The summed E-state index contributed by atoms with van der Waals surface area (Å²) < 4.78 is 28.2. The second kappa shape index (κ2) is 6.97. The van der Waals surface area contributed by atoms with Crippen LogP contribution >= 0.6 is 11.6 Å². The maximum atomic E-state index is 13.4. The highest BCUT2D eigenvalue weighted by Gasteiger charge is 2.50. The molecule has 0 bridgehead atoms. The SMILES string of the molecule is CC1(c2ccc(F)cc2Cl)NC(=O)N(Cc2ccn(-c3cccc(F)c3)n2)C1=O. The van der Waals surface area contributed by atoms with E-state index in [0.29, 0.717) is 16.9 Å². The molecule has 1 aliphatic heterocycles. The quantitative estimate of drug-likeness (QED) is 0.658. The van der Waals surface area contributed by atoms with Crippen LogP contribution in [0.25, 0.3) is 5.69 Å². The summed E-state index contributed by atoms with van der Waals surface area (Å²) >= 11 is 6.10. The van der Waals surface area contributed by atoms with Crippen molar-refractivity contribution in [2.75, 3.05) is 0 Å². The van der Waals surface area contributed by atoms with Gasteiger partial charge in [0.2, 0.25) is 0 Å². The van der Waals surface area contributed by atoms with Gasteiger partial charge in [-0.3, -0.25) is 9.69 Å². The molecule has 1 N–H and O–H groups in total. The molecule has 0 radical (unpaired) electrons. The van der Waals surface area contributed by atoms with Gasteiger partial charge in [-0.15, -0.1) is 0 Å². The second-order valence-electron chi connectivity index (χ2n) is 6.80. The van der Waals surface area contributed by atoms with E-state index in [1.54, 1.807) is 24.4 Å². The van der Waals surface area contributed by atoms with Crippen molar-refractivity contribution in [3.8, 4) is 5.69 Å². The van der Waals surface area contributed by atoms with Crippen LogP contribution in [-0.4, -0.2) is 26.6 Å². The Morgan fingerprint density at radius 1 is 1.10 bits per heavy atom. The molecule has 0 saturated carbocycles. The van der Waals surface area contributed by atoms with Gasteiger partial charge in [0.1, 0.15) is 17.2 Å². The Hall–Kier alpha value is -3.26. The fraction of sp³-hybridized carbons (Fsp3) is 0.150. The molecule has 1 unspecified atom stereocenters. The van der Waals surface area contributed by atoms with Crippen molar-refractivity contribution in [2.45, 2.75) is 19.0 Å². The zero-order valence-corrected chi connectivity index (χ0v) is 16.0. The lowest BCUT2D eigenvalue weighted by Gasteiger charge is -2.23. The monoisotopic (exact) mass is 416 g/mol. The van der Waals surface area contributed by atoms with E-state index >= 15 is 0 Å². The number of nitrogens with one attached hydrogen (secondary N) is 1. The van der Waals surface area contributed by atoms with Crippen molar-refractivity contribution < 1.29 is 18.4 Å². The maximum absolute atomic E-state index is 13.4. The molecule has 3 aromatic rings. The molecule has 9 heteroatoms. The molecule has 2 heterocycles. The van der Waals surface area contributed by atoms with Crippen LogP contribution < -0.4 is 5.32 Å². The van der Waals surface area contributed by atoms with E-state index in [2.05, 4.69) is 10.4 Å². The van der Waals surface area contributed by atoms with Crippen molar-refractivity contribution in [2.24, 2.45) is 0 Å². The third-order valence-electron chi connectivity index (χ3n) is 4.78. The van der Waals surface area contributed by atoms with Crippen LogP contribution in [0.4, 0.5) is 13.6 Å². The van der Waals surface area contributed by atoms with Crippen molar-refractivity contribution >= 4 is 23.5 Å². The fourth-order valence-corrected chi connectivity index (χ4v) is 3.64. The van der Waals surface area contributed by atoms with Crippen molar-refractivity contribution in [1.82, 2.24) is 20.0 Å². The van der Waals surface area contributed by atoms with Crippen LogP contribution in [0.5, 0.6) is 0 Å². The Balaban J connectivity index is 1.59. The molecular weight excluding hydrogens is 402 g/mol. The summed E-state index contributed by atoms with van der Waals surface area (Å²) in [6.45, 7) is 1.43. The van der Waals surface area contributed by atoms with Gasteiger partial charge in [-0.25, -0.2) is 18.3 Å². The van der Waals surface area contributed by atoms with Crippen LogP contribution in [0.3, 0.4) is 0 Å². The molecular formula is C20H15ClF2N4O2. The van der Waals surface area contributed by atoms with Gasteiger partial charge >= 0.3 is 6.03 Å². The van der Waals surface area contributed by atoms with Crippen molar-refractivity contribution in [3.05, 3.63) is 82.6 Å². The molecule has 2 aromatic carbocycles. The zero-order chi connectivity index (χ0) is 20.8. The molecule has 1 aliphatic rings. The first-order valence-electron chi connectivity index (χ1n) is 8.68. The highest BCUT2D eigenvalue weighted by Crippen LogP contribution is 2.34. The second-order valence-corrected chi connectivity index (χ2v) is 7.21. The van der Waals surface area contributed by atoms with E-state index in [1.165, 1.54) is 35.9 Å². The third kappa shape index (κ3) is 3.36. The number of hydrogen-bond acceptors (Lipinski definition) is 3. The highest BCUT2D eigenvalue weighted by atomic mass is 35.5. The van der Waals surface area contributed by atoms with Crippen LogP contribution in [-0.2, 0) is 16.9 Å². The summed E-state index contributed by atoms with van der Waals surface area (Å²) in [5.41, 5.74) is -0.178. The minimum absolute atomic E-state index is 0.0402. The summed E-state index contributed by atoms with van der Waals surface area (Å²) in [5.74, 6) is -1.48. The summed E-state index contributed by atoms with van der Waals surface area (Å²) in [5, 5.41) is 6.96. The molecule has 1 fully saturated rings. The number of carbonyl (C=O) groups excluding carboxylic acids is 2. The molecule has 0 aliphatic carbocycles. The van der Waals surface area contributed by atoms with Crippen LogP contribution in [0, 0.1) is 11.6 Å². The van der Waals surface area contributed by atoms with Crippen LogP contribution in [0.15, 0.2) is 54.7 Å². The van der Waals surface area contributed by atoms with E-state index in [0.717, 1.165) is 11.0 Å².